The zero-order valence-electron chi connectivity index (χ0n) is 22.6. The molecule has 2 aliphatic heterocycles. The number of carbonyl (C=O) groups excluding carboxylic acids is 2. The maximum atomic E-state index is 12.8. The number of rotatable bonds is 7. The van der Waals surface area contributed by atoms with E-state index in [2.05, 4.69) is 25.2 Å². The molecule has 11 heteroatoms. The minimum Gasteiger partial charge on any atom is -0.393 e. The fourth-order valence-electron chi connectivity index (χ4n) is 6.11. The number of nitrogens with zero attached hydrogens (tertiary/aromatic N) is 6. The highest BCUT2D eigenvalue weighted by Gasteiger charge is 2.34. The van der Waals surface area contributed by atoms with Crippen molar-refractivity contribution in [2.24, 2.45) is 0 Å². The predicted molar refractivity (Wildman–Crippen MR) is 148 cm³/mol. The first-order chi connectivity index (χ1) is 19.0. The van der Waals surface area contributed by atoms with Gasteiger partial charge in [-0.2, -0.15) is 4.98 Å². The maximum absolute atomic E-state index is 12.8. The highest BCUT2D eigenvalue weighted by Crippen LogP contribution is 2.37. The first kappa shape index (κ1) is 25.5. The number of carbonyl (C=O) groups is 2. The van der Waals surface area contributed by atoms with Crippen LogP contribution in [0.2, 0.25) is 0 Å². The molecule has 2 N–H and O–H groups in total. The second-order valence-electron chi connectivity index (χ2n) is 10.7. The molecule has 2 unspecified atom stereocenters. The molecule has 2 atom stereocenters. The van der Waals surface area contributed by atoms with Crippen LogP contribution in [0.4, 0.5) is 22.2 Å². The summed E-state index contributed by atoms with van der Waals surface area (Å²) in [5.41, 5.74) is 1.53. The topological polar surface area (TPSA) is 118 Å². The third-order valence-corrected chi connectivity index (χ3v) is 8.20. The van der Waals surface area contributed by atoms with E-state index in [4.69, 9.17) is 9.72 Å². The zero-order chi connectivity index (χ0) is 26.9. The van der Waals surface area contributed by atoms with Crippen LogP contribution in [0.15, 0.2) is 30.6 Å². The Morgan fingerprint density at radius 3 is 2.64 bits per heavy atom. The predicted octanol–water partition coefficient (Wildman–Crippen LogP) is 4.38. The Balaban J connectivity index is 1.23. The van der Waals surface area contributed by atoms with Crippen molar-refractivity contribution >= 4 is 40.5 Å². The van der Waals surface area contributed by atoms with Crippen molar-refractivity contribution in [2.45, 2.75) is 76.9 Å². The molecule has 0 spiro atoms. The van der Waals surface area contributed by atoms with Crippen molar-refractivity contribution in [2.75, 3.05) is 29.9 Å². The lowest BCUT2D eigenvalue weighted by Gasteiger charge is -2.24. The molecule has 3 aromatic heterocycles. The Bertz CT molecular complexity index is 1350. The molecule has 39 heavy (non-hydrogen) atoms. The summed E-state index contributed by atoms with van der Waals surface area (Å²) >= 11 is 0. The van der Waals surface area contributed by atoms with E-state index in [1.807, 2.05) is 36.9 Å². The van der Waals surface area contributed by atoms with E-state index in [1.54, 1.807) is 17.3 Å². The van der Waals surface area contributed by atoms with Crippen molar-refractivity contribution < 1.29 is 14.3 Å². The van der Waals surface area contributed by atoms with Crippen LogP contribution < -0.4 is 20.3 Å². The number of amides is 2. The first-order valence-electron chi connectivity index (χ1n) is 14.2. The van der Waals surface area contributed by atoms with Crippen molar-refractivity contribution in [3.63, 3.8) is 0 Å². The summed E-state index contributed by atoms with van der Waals surface area (Å²) in [5, 5.41) is 7.57. The van der Waals surface area contributed by atoms with Crippen LogP contribution in [0.25, 0.3) is 11.0 Å². The minimum absolute atomic E-state index is 0.135. The zero-order valence-corrected chi connectivity index (χ0v) is 22.6. The molecule has 3 aromatic rings. The number of hydrogen-bond donors (Lipinski definition) is 2. The number of pyridine rings is 1. The SMILES string of the molecule is CCN(CC)C(=O)Oc1cc2cnc(Nc3ccc(N4CC5CCC(CC4=O)N5)cn3)nc2n1C1CCCC1. The van der Waals surface area contributed by atoms with Gasteiger partial charge in [-0.25, -0.2) is 14.8 Å². The van der Waals surface area contributed by atoms with E-state index >= 15 is 0 Å². The van der Waals surface area contributed by atoms with Crippen LogP contribution in [0.1, 0.15) is 64.8 Å². The molecule has 11 nitrogen and oxygen atoms in total. The summed E-state index contributed by atoms with van der Waals surface area (Å²) in [6.45, 7) is 5.72. The Labute approximate surface area is 227 Å². The van der Waals surface area contributed by atoms with E-state index in [0.717, 1.165) is 55.2 Å². The average molecular weight is 533 g/mol. The van der Waals surface area contributed by atoms with Crippen molar-refractivity contribution in [3.05, 3.63) is 30.6 Å². The Hall–Kier alpha value is -3.73. The van der Waals surface area contributed by atoms with Crippen molar-refractivity contribution in [3.8, 4) is 5.88 Å². The number of nitrogens with one attached hydrogen (secondary N) is 2. The van der Waals surface area contributed by atoms with Gasteiger partial charge in [0.05, 0.1) is 11.9 Å². The smallest absolute Gasteiger partial charge is 0.393 e. The van der Waals surface area contributed by atoms with Gasteiger partial charge in [0.2, 0.25) is 17.7 Å². The molecule has 0 radical (unpaired) electrons. The van der Waals surface area contributed by atoms with Crippen LogP contribution in [0, 0.1) is 0 Å². The summed E-state index contributed by atoms with van der Waals surface area (Å²) in [6.07, 6.45) is 10.1. The first-order valence-corrected chi connectivity index (χ1v) is 14.2. The lowest BCUT2D eigenvalue weighted by Crippen LogP contribution is -2.37. The summed E-state index contributed by atoms with van der Waals surface area (Å²) < 4.78 is 7.92. The van der Waals surface area contributed by atoms with Gasteiger partial charge in [0.25, 0.3) is 0 Å². The van der Waals surface area contributed by atoms with E-state index in [-0.39, 0.29) is 24.1 Å². The molecule has 5 heterocycles. The van der Waals surface area contributed by atoms with Crippen LogP contribution >= 0.6 is 0 Å². The third kappa shape index (κ3) is 5.15. The average Bonchev–Trinajstić information content (AvgIpc) is 3.66. The van der Waals surface area contributed by atoms with Crippen LogP contribution in [-0.4, -0.2) is 68.1 Å². The molecular formula is C28H36N8O3. The number of ether oxygens (including phenoxy) is 1. The number of hydrogen-bond acceptors (Lipinski definition) is 8. The van der Waals surface area contributed by atoms with E-state index in [1.165, 1.54) is 0 Å². The van der Waals surface area contributed by atoms with Crippen LogP contribution in [0.3, 0.4) is 0 Å². The fourth-order valence-corrected chi connectivity index (χ4v) is 6.11. The lowest BCUT2D eigenvalue weighted by molar-refractivity contribution is -0.118. The van der Waals surface area contributed by atoms with E-state index < -0.39 is 0 Å². The van der Waals surface area contributed by atoms with Crippen LogP contribution in [0.5, 0.6) is 5.88 Å². The van der Waals surface area contributed by atoms with Gasteiger partial charge in [0.15, 0.2) is 0 Å². The van der Waals surface area contributed by atoms with Gasteiger partial charge in [-0.05, 0) is 51.7 Å². The van der Waals surface area contributed by atoms with Gasteiger partial charge in [-0.3, -0.25) is 9.36 Å². The van der Waals surface area contributed by atoms with Crippen molar-refractivity contribution in [1.82, 2.24) is 29.7 Å². The summed E-state index contributed by atoms with van der Waals surface area (Å²) in [7, 11) is 0. The number of fused-ring (bicyclic) bond motifs is 3. The highest BCUT2D eigenvalue weighted by molar-refractivity contribution is 5.94. The maximum Gasteiger partial charge on any atom is 0.416 e. The fraction of sp³-hybridized carbons (Fsp3) is 0.536. The van der Waals surface area contributed by atoms with Gasteiger partial charge >= 0.3 is 6.09 Å². The summed E-state index contributed by atoms with van der Waals surface area (Å²) in [5.74, 6) is 1.64. The molecule has 3 aliphatic rings. The largest absolute Gasteiger partial charge is 0.416 e. The molecule has 206 valence electrons. The molecule has 6 rings (SSSR count). The second kappa shape index (κ2) is 10.8. The summed E-state index contributed by atoms with van der Waals surface area (Å²) in [6, 6.07) is 6.46. The molecule has 2 amide bonds. The molecule has 2 bridgehead atoms. The van der Waals surface area contributed by atoms with Crippen molar-refractivity contribution in [1.29, 1.82) is 0 Å². The molecular weight excluding hydrogens is 496 g/mol. The lowest BCUT2D eigenvalue weighted by atomic mass is 10.1. The quantitative estimate of drug-likeness (QED) is 0.460. The second-order valence-corrected chi connectivity index (χ2v) is 10.7. The third-order valence-electron chi connectivity index (χ3n) is 8.20. The van der Waals surface area contributed by atoms with Gasteiger partial charge in [0.1, 0.15) is 11.5 Å². The standard InChI is InChI=1S/C28H36N8O3/c1-3-34(4-2)28(38)39-25-13-18-15-30-27(33-26(18)36(25)21-7-5-6-8-21)32-23-12-11-22(16-29-23)35-17-20-10-9-19(31-20)14-24(35)37/h11-13,15-16,19-21,31H,3-10,14,17H2,1-2H3,(H,29,30,32,33). The Kier molecular flexibility index (Phi) is 7.07. The van der Waals surface area contributed by atoms with Crippen LogP contribution in [-0.2, 0) is 4.79 Å². The molecule has 0 aromatic carbocycles. The molecule has 3 fully saturated rings. The Morgan fingerprint density at radius 1 is 1.10 bits per heavy atom. The summed E-state index contributed by atoms with van der Waals surface area (Å²) in [4.78, 5) is 42.9. The van der Waals surface area contributed by atoms with E-state index in [9.17, 15) is 9.59 Å². The normalized spacial score (nSPS) is 21.4. The van der Waals surface area contributed by atoms with Gasteiger partial charge in [0, 0.05) is 61.8 Å². The van der Waals surface area contributed by atoms with E-state index in [0.29, 0.717) is 49.7 Å². The molecule has 2 saturated heterocycles. The van der Waals surface area contributed by atoms with Gasteiger partial charge < -0.3 is 25.2 Å². The Morgan fingerprint density at radius 2 is 1.90 bits per heavy atom. The van der Waals surface area contributed by atoms with Gasteiger partial charge in [-0.15, -0.1) is 0 Å². The highest BCUT2D eigenvalue weighted by atomic mass is 16.6. The molecule has 1 aliphatic carbocycles. The van der Waals surface area contributed by atoms with Gasteiger partial charge in [-0.1, -0.05) is 12.8 Å². The monoisotopic (exact) mass is 532 g/mol. The minimum atomic E-state index is -0.357. The molecule has 1 saturated carbocycles. The number of aromatic nitrogens is 4. The number of anilines is 3.